The Balaban J connectivity index is 1.68. The predicted octanol–water partition coefficient (Wildman–Crippen LogP) is 2.73. The Morgan fingerprint density at radius 1 is 1.45 bits per heavy atom. The van der Waals surface area contributed by atoms with Gasteiger partial charge in [0.2, 0.25) is 0 Å². The van der Waals surface area contributed by atoms with Crippen LogP contribution in [0.2, 0.25) is 0 Å². The van der Waals surface area contributed by atoms with Crippen LogP contribution in [0.3, 0.4) is 0 Å². The number of amides is 1. The highest BCUT2D eigenvalue weighted by Crippen LogP contribution is 2.33. The van der Waals surface area contributed by atoms with Crippen LogP contribution in [0.5, 0.6) is 0 Å². The van der Waals surface area contributed by atoms with Gasteiger partial charge >= 0.3 is 0 Å². The molecule has 2 aromatic rings. The van der Waals surface area contributed by atoms with Gasteiger partial charge in [0.15, 0.2) is 0 Å². The molecule has 1 saturated carbocycles. The van der Waals surface area contributed by atoms with E-state index in [2.05, 4.69) is 9.97 Å². The van der Waals surface area contributed by atoms with Gasteiger partial charge in [-0.2, -0.15) is 11.8 Å². The van der Waals surface area contributed by atoms with Crippen molar-refractivity contribution in [2.24, 2.45) is 13.0 Å². The molecule has 6 heteroatoms. The summed E-state index contributed by atoms with van der Waals surface area (Å²) in [5, 5.41) is 0. The topological polar surface area (TPSA) is 51.0 Å². The van der Waals surface area contributed by atoms with Crippen LogP contribution in [0.4, 0.5) is 5.69 Å². The molecule has 0 spiro atoms. The molecule has 1 amide bonds. The van der Waals surface area contributed by atoms with Crippen LogP contribution >= 0.6 is 11.8 Å². The lowest BCUT2D eigenvalue weighted by Gasteiger charge is -2.17. The number of anilines is 1. The molecular formula is C16H20N4OS. The molecule has 0 bridgehead atoms. The fourth-order valence-electron chi connectivity index (χ4n) is 2.22. The highest BCUT2D eigenvalue weighted by Gasteiger charge is 2.22. The zero-order valence-corrected chi connectivity index (χ0v) is 13.7. The van der Waals surface area contributed by atoms with E-state index >= 15 is 0 Å². The molecule has 0 atom stereocenters. The summed E-state index contributed by atoms with van der Waals surface area (Å²) in [4.78, 5) is 22.7. The van der Waals surface area contributed by atoms with Crippen molar-refractivity contribution in [2.45, 2.75) is 18.6 Å². The molecule has 2 aromatic heterocycles. The van der Waals surface area contributed by atoms with Crippen LogP contribution in [0.1, 0.15) is 29.2 Å². The molecule has 0 N–H and O–H groups in total. The van der Waals surface area contributed by atoms with E-state index in [1.165, 1.54) is 18.6 Å². The van der Waals surface area contributed by atoms with Crippen molar-refractivity contribution < 1.29 is 4.79 Å². The average Bonchev–Trinajstić information content (AvgIpc) is 3.30. The van der Waals surface area contributed by atoms with Crippen LogP contribution < -0.4 is 4.90 Å². The molecule has 0 aromatic carbocycles. The number of pyridine rings is 1. The molecule has 0 radical (unpaired) electrons. The Kier molecular flexibility index (Phi) is 4.47. The van der Waals surface area contributed by atoms with Crippen LogP contribution in [0.25, 0.3) is 0 Å². The third-order valence-corrected chi connectivity index (χ3v) is 5.09. The first kappa shape index (κ1) is 15.1. The van der Waals surface area contributed by atoms with Gasteiger partial charge < -0.3 is 9.47 Å². The highest BCUT2D eigenvalue weighted by atomic mass is 32.2. The summed E-state index contributed by atoms with van der Waals surface area (Å²) in [5.74, 6) is 3.85. The molecule has 1 aliphatic rings. The average molecular weight is 316 g/mol. The van der Waals surface area contributed by atoms with E-state index in [-0.39, 0.29) is 5.91 Å². The largest absolute Gasteiger partial charge is 0.326 e. The number of aromatic nitrogens is 3. The minimum atomic E-state index is -0.0681. The molecule has 2 heterocycles. The molecule has 1 aliphatic carbocycles. The number of carbonyl (C=O) groups excluding carboxylic acids is 1. The summed E-state index contributed by atoms with van der Waals surface area (Å²) in [7, 11) is 3.66. The van der Waals surface area contributed by atoms with Crippen molar-refractivity contribution in [3.05, 3.63) is 42.2 Å². The van der Waals surface area contributed by atoms with Crippen LogP contribution in [0, 0.1) is 5.92 Å². The van der Waals surface area contributed by atoms with E-state index in [9.17, 15) is 4.79 Å². The number of nitrogens with zero attached hydrogens (tertiary/aromatic N) is 4. The van der Waals surface area contributed by atoms with Gasteiger partial charge in [0.1, 0.15) is 11.5 Å². The number of hydrogen-bond donors (Lipinski definition) is 0. The summed E-state index contributed by atoms with van der Waals surface area (Å²) in [5.41, 5.74) is 1.38. The van der Waals surface area contributed by atoms with Gasteiger partial charge in [-0.05, 0) is 36.6 Å². The van der Waals surface area contributed by atoms with E-state index in [0.29, 0.717) is 5.69 Å². The summed E-state index contributed by atoms with van der Waals surface area (Å²) in [6.45, 7) is 0. The summed E-state index contributed by atoms with van der Waals surface area (Å²) < 4.78 is 1.90. The monoisotopic (exact) mass is 316 g/mol. The molecule has 22 heavy (non-hydrogen) atoms. The van der Waals surface area contributed by atoms with Crippen LogP contribution in [0.15, 0.2) is 30.7 Å². The third-order valence-electron chi connectivity index (χ3n) is 3.92. The number of rotatable bonds is 6. The highest BCUT2D eigenvalue weighted by molar-refractivity contribution is 7.98. The van der Waals surface area contributed by atoms with Gasteiger partial charge in [0, 0.05) is 20.3 Å². The van der Waals surface area contributed by atoms with Crippen molar-refractivity contribution in [1.29, 1.82) is 0 Å². The minimum absolute atomic E-state index is 0.0681. The molecular weight excluding hydrogens is 296 g/mol. The fraction of sp³-hybridized carbons (Fsp3) is 0.438. The second kappa shape index (κ2) is 6.52. The summed E-state index contributed by atoms with van der Waals surface area (Å²) >= 11 is 1.90. The van der Waals surface area contributed by atoms with Gasteiger partial charge in [0.25, 0.3) is 5.91 Å². The maximum Gasteiger partial charge on any atom is 0.276 e. The fourth-order valence-corrected chi connectivity index (χ4v) is 3.46. The van der Waals surface area contributed by atoms with E-state index in [4.69, 9.17) is 0 Å². The molecule has 5 nitrogen and oxygen atoms in total. The van der Waals surface area contributed by atoms with Crippen LogP contribution in [-0.4, -0.2) is 33.2 Å². The molecule has 0 aliphatic heterocycles. The third kappa shape index (κ3) is 3.32. The van der Waals surface area contributed by atoms with E-state index < -0.39 is 0 Å². The maximum absolute atomic E-state index is 12.6. The van der Waals surface area contributed by atoms with Crippen molar-refractivity contribution >= 4 is 23.4 Å². The Morgan fingerprint density at radius 3 is 2.95 bits per heavy atom. The van der Waals surface area contributed by atoms with Crippen molar-refractivity contribution in [1.82, 2.24) is 14.5 Å². The normalized spacial score (nSPS) is 14.1. The van der Waals surface area contributed by atoms with Gasteiger partial charge in [-0.25, -0.2) is 4.98 Å². The van der Waals surface area contributed by atoms with Crippen molar-refractivity contribution in [3.8, 4) is 0 Å². The van der Waals surface area contributed by atoms with Crippen molar-refractivity contribution in [3.63, 3.8) is 0 Å². The molecule has 0 saturated heterocycles. The van der Waals surface area contributed by atoms with E-state index in [1.807, 2.05) is 35.5 Å². The summed E-state index contributed by atoms with van der Waals surface area (Å²) in [6.07, 6.45) is 7.78. The summed E-state index contributed by atoms with van der Waals surface area (Å²) in [6, 6.07) is 3.69. The molecule has 1 fully saturated rings. The molecule has 116 valence electrons. The lowest BCUT2D eigenvalue weighted by Crippen LogP contribution is -2.28. The van der Waals surface area contributed by atoms with Gasteiger partial charge in [-0.3, -0.25) is 9.78 Å². The van der Waals surface area contributed by atoms with E-state index in [1.54, 1.807) is 30.5 Å². The first-order chi connectivity index (χ1) is 10.7. The number of imidazole rings is 1. The SMILES string of the molecule is CN(C(=O)c1cnc(CSCC2CC2)n1C)c1cccnc1. The van der Waals surface area contributed by atoms with Gasteiger partial charge in [-0.15, -0.1) is 0 Å². The first-order valence-corrected chi connectivity index (χ1v) is 8.58. The number of thioether (sulfide) groups is 1. The van der Waals surface area contributed by atoms with Gasteiger partial charge in [0.05, 0.1) is 23.8 Å². The maximum atomic E-state index is 12.6. The Morgan fingerprint density at radius 2 is 2.27 bits per heavy atom. The second-order valence-corrected chi connectivity index (χ2v) is 6.68. The predicted molar refractivity (Wildman–Crippen MR) is 89.1 cm³/mol. The zero-order valence-electron chi connectivity index (χ0n) is 12.9. The Bertz CT molecular complexity index is 651. The Labute approximate surface area is 134 Å². The quantitative estimate of drug-likeness (QED) is 0.822. The number of hydrogen-bond acceptors (Lipinski definition) is 4. The Hall–Kier alpha value is -1.82. The lowest BCUT2D eigenvalue weighted by molar-refractivity contribution is 0.0985. The second-order valence-electron chi connectivity index (χ2n) is 5.65. The first-order valence-electron chi connectivity index (χ1n) is 7.43. The van der Waals surface area contributed by atoms with Gasteiger partial charge in [-0.1, -0.05) is 0 Å². The number of carbonyl (C=O) groups is 1. The standard InChI is InChI=1S/C16H20N4OS/c1-19(13-4-3-7-17-8-13)16(21)14-9-18-15(20(14)2)11-22-10-12-5-6-12/h3-4,7-9,12H,5-6,10-11H2,1-2H3. The lowest BCUT2D eigenvalue weighted by atomic mass is 10.3. The van der Waals surface area contributed by atoms with Crippen LogP contribution in [-0.2, 0) is 12.8 Å². The van der Waals surface area contributed by atoms with E-state index in [0.717, 1.165) is 23.2 Å². The minimum Gasteiger partial charge on any atom is -0.326 e. The van der Waals surface area contributed by atoms with Crippen molar-refractivity contribution in [2.75, 3.05) is 17.7 Å². The zero-order chi connectivity index (χ0) is 15.5. The smallest absolute Gasteiger partial charge is 0.276 e. The molecule has 0 unspecified atom stereocenters. The molecule has 3 rings (SSSR count).